The van der Waals surface area contributed by atoms with Crippen LogP contribution in [0.25, 0.3) is 0 Å². The minimum absolute atomic E-state index is 0.158. The van der Waals surface area contributed by atoms with E-state index in [2.05, 4.69) is 0 Å². The van der Waals surface area contributed by atoms with Crippen LogP contribution in [0.4, 0.5) is 0 Å². The standard InChI is InChI=1S/C34H36Cl2O5S2/c1-5-33(36,6-2)25-9-17-29(18-10-25)43(39,40)32-23-15-28(16-24-32)41-34(7-3,8-4)26-11-19-30(20-12-26)42(37,38)31-21-13-27(35)14-22-31/h9-24H,5-8H2,1-4H3. The van der Waals surface area contributed by atoms with Crippen molar-refractivity contribution in [3.05, 3.63) is 113 Å². The number of hydrogen-bond donors (Lipinski definition) is 0. The molecule has 0 heterocycles. The maximum Gasteiger partial charge on any atom is 0.206 e. The fourth-order valence-corrected chi connectivity index (χ4v) is 7.96. The van der Waals surface area contributed by atoms with Crippen molar-refractivity contribution in [1.82, 2.24) is 0 Å². The predicted octanol–water partition coefficient (Wildman–Crippen LogP) is 9.35. The van der Waals surface area contributed by atoms with E-state index in [-0.39, 0.29) is 19.6 Å². The van der Waals surface area contributed by atoms with E-state index < -0.39 is 30.1 Å². The normalized spacial score (nSPS) is 12.7. The van der Waals surface area contributed by atoms with Crippen molar-refractivity contribution in [2.24, 2.45) is 0 Å². The summed E-state index contributed by atoms with van der Waals surface area (Å²) in [6.45, 7) is 8.02. The second-order valence-electron chi connectivity index (χ2n) is 10.5. The molecular formula is C34H36Cl2O5S2. The van der Waals surface area contributed by atoms with Crippen LogP contribution in [0, 0.1) is 0 Å². The Balaban J connectivity index is 1.56. The maximum absolute atomic E-state index is 13.4. The third kappa shape index (κ3) is 6.65. The molecule has 4 aromatic rings. The van der Waals surface area contributed by atoms with E-state index in [1.54, 1.807) is 84.9 Å². The van der Waals surface area contributed by atoms with Gasteiger partial charge in [0.25, 0.3) is 0 Å². The summed E-state index contributed by atoms with van der Waals surface area (Å²) in [6, 6.07) is 25.9. The third-order valence-electron chi connectivity index (χ3n) is 8.21. The molecule has 0 unspecified atom stereocenters. The molecule has 0 atom stereocenters. The summed E-state index contributed by atoms with van der Waals surface area (Å²) in [4.78, 5) is 0.173. The predicted molar refractivity (Wildman–Crippen MR) is 173 cm³/mol. The minimum Gasteiger partial charge on any atom is -0.483 e. The van der Waals surface area contributed by atoms with Crippen molar-refractivity contribution in [1.29, 1.82) is 0 Å². The zero-order chi connectivity index (χ0) is 31.5. The van der Waals surface area contributed by atoms with Gasteiger partial charge in [0.05, 0.1) is 24.5 Å². The number of benzene rings is 4. The van der Waals surface area contributed by atoms with Gasteiger partial charge in [-0.15, -0.1) is 11.6 Å². The molecule has 0 fully saturated rings. The number of rotatable bonds is 12. The summed E-state index contributed by atoms with van der Waals surface area (Å²) in [7, 11) is -7.45. The molecule has 5 nitrogen and oxygen atoms in total. The van der Waals surface area contributed by atoms with Gasteiger partial charge >= 0.3 is 0 Å². The molecule has 0 aliphatic rings. The molecule has 0 spiro atoms. The van der Waals surface area contributed by atoms with Crippen LogP contribution >= 0.6 is 23.2 Å². The van der Waals surface area contributed by atoms with Gasteiger partial charge in [0.2, 0.25) is 19.7 Å². The van der Waals surface area contributed by atoms with Gasteiger partial charge in [0.15, 0.2) is 0 Å². The number of alkyl halides is 1. The van der Waals surface area contributed by atoms with E-state index in [0.29, 0.717) is 23.6 Å². The van der Waals surface area contributed by atoms with Crippen LogP contribution in [0.3, 0.4) is 0 Å². The van der Waals surface area contributed by atoms with Gasteiger partial charge in [-0.25, -0.2) is 16.8 Å². The van der Waals surface area contributed by atoms with Gasteiger partial charge in [0, 0.05) is 5.02 Å². The summed E-state index contributed by atoms with van der Waals surface area (Å²) in [5.74, 6) is 0.508. The Kier molecular flexibility index (Phi) is 10.0. The molecule has 228 valence electrons. The Hall–Kier alpha value is -2.84. The van der Waals surface area contributed by atoms with Crippen LogP contribution in [0.15, 0.2) is 117 Å². The quantitative estimate of drug-likeness (QED) is 0.142. The zero-order valence-corrected chi connectivity index (χ0v) is 27.8. The molecule has 0 saturated heterocycles. The topological polar surface area (TPSA) is 77.5 Å². The van der Waals surface area contributed by atoms with Gasteiger partial charge in [-0.2, -0.15) is 0 Å². The second-order valence-corrected chi connectivity index (χ2v) is 15.5. The first-order valence-corrected chi connectivity index (χ1v) is 18.0. The highest BCUT2D eigenvalue weighted by Crippen LogP contribution is 2.38. The van der Waals surface area contributed by atoms with Crippen LogP contribution < -0.4 is 4.74 Å². The van der Waals surface area contributed by atoms with Crippen molar-refractivity contribution in [3.8, 4) is 5.75 Å². The summed E-state index contributed by atoms with van der Waals surface area (Å²) in [5, 5.41) is 0.462. The van der Waals surface area contributed by atoms with E-state index in [1.807, 2.05) is 27.7 Å². The molecule has 0 N–H and O–H groups in total. The first-order valence-electron chi connectivity index (χ1n) is 14.3. The first kappa shape index (κ1) is 33.1. The number of ether oxygens (including phenoxy) is 1. The molecule has 0 saturated carbocycles. The third-order valence-corrected chi connectivity index (χ3v) is 12.8. The van der Waals surface area contributed by atoms with E-state index in [4.69, 9.17) is 27.9 Å². The molecule has 43 heavy (non-hydrogen) atoms. The summed E-state index contributed by atoms with van der Waals surface area (Å²) in [5.41, 5.74) is 0.970. The number of hydrogen-bond acceptors (Lipinski definition) is 5. The van der Waals surface area contributed by atoms with Crippen LogP contribution in [0.5, 0.6) is 5.75 Å². The molecule has 0 aromatic heterocycles. The van der Waals surface area contributed by atoms with Crippen molar-refractivity contribution in [2.75, 3.05) is 0 Å². The van der Waals surface area contributed by atoms with Crippen LogP contribution in [0.2, 0.25) is 5.02 Å². The Bertz CT molecular complexity index is 1740. The van der Waals surface area contributed by atoms with Gasteiger partial charge in [-0.3, -0.25) is 0 Å². The highest BCUT2D eigenvalue weighted by atomic mass is 35.5. The van der Waals surface area contributed by atoms with E-state index >= 15 is 0 Å². The van der Waals surface area contributed by atoms with Crippen molar-refractivity contribution < 1.29 is 21.6 Å². The molecule has 0 amide bonds. The van der Waals surface area contributed by atoms with Crippen molar-refractivity contribution in [2.45, 2.75) is 83.4 Å². The lowest BCUT2D eigenvalue weighted by Crippen LogP contribution is -2.31. The summed E-state index contributed by atoms with van der Waals surface area (Å²) in [6.07, 6.45) is 2.69. The molecule has 0 radical (unpaired) electrons. The van der Waals surface area contributed by atoms with Gasteiger partial charge in [0.1, 0.15) is 11.4 Å². The molecule has 4 rings (SSSR count). The smallest absolute Gasteiger partial charge is 0.206 e. The lowest BCUT2D eigenvalue weighted by atomic mass is 9.88. The Labute approximate surface area is 265 Å². The average molecular weight is 660 g/mol. The summed E-state index contributed by atoms with van der Waals surface area (Å²) < 4.78 is 59.4. The fourth-order valence-electron chi connectivity index (χ4n) is 5.19. The van der Waals surface area contributed by atoms with E-state index in [9.17, 15) is 16.8 Å². The number of sulfone groups is 2. The minimum atomic E-state index is -3.75. The van der Waals surface area contributed by atoms with Crippen molar-refractivity contribution in [3.63, 3.8) is 0 Å². The molecular weight excluding hydrogens is 623 g/mol. The maximum atomic E-state index is 13.4. The van der Waals surface area contributed by atoms with E-state index in [1.165, 1.54) is 12.1 Å². The molecule has 4 aromatic carbocycles. The lowest BCUT2D eigenvalue weighted by Gasteiger charge is -2.33. The lowest BCUT2D eigenvalue weighted by molar-refractivity contribution is 0.0572. The largest absolute Gasteiger partial charge is 0.483 e. The molecule has 0 bridgehead atoms. The monoisotopic (exact) mass is 658 g/mol. The van der Waals surface area contributed by atoms with Crippen LogP contribution in [-0.2, 0) is 30.1 Å². The first-order chi connectivity index (χ1) is 20.3. The highest BCUT2D eigenvalue weighted by molar-refractivity contribution is 7.91. The molecule has 9 heteroatoms. The Morgan fingerprint density at radius 2 is 0.884 bits per heavy atom. The van der Waals surface area contributed by atoms with Gasteiger partial charge < -0.3 is 4.74 Å². The summed E-state index contributed by atoms with van der Waals surface area (Å²) >= 11 is 12.6. The van der Waals surface area contributed by atoms with Gasteiger partial charge in [-0.05, 0) is 110 Å². The Morgan fingerprint density at radius 1 is 0.535 bits per heavy atom. The fraction of sp³-hybridized carbons (Fsp3) is 0.294. The Morgan fingerprint density at radius 3 is 1.26 bits per heavy atom. The second kappa shape index (κ2) is 13.0. The number of halogens is 2. The van der Waals surface area contributed by atoms with E-state index in [0.717, 1.165) is 24.0 Å². The van der Waals surface area contributed by atoms with Crippen LogP contribution in [0.1, 0.15) is 64.5 Å². The zero-order valence-electron chi connectivity index (χ0n) is 24.7. The van der Waals surface area contributed by atoms with Crippen molar-refractivity contribution >= 4 is 42.9 Å². The average Bonchev–Trinajstić information content (AvgIpc) is 3.04. The molecule has 0 aliphatic heterocycles. The SMILES string of the molecule is CCC(Cl)(CC)c1ccc(S(=O)(=O)c2ccc(OC(CC)(CC)c3ccc(S(=O)(=O)c4ccc(Cl)cc4)cc3)cc2)cc1. The van der Waals surface area contributed by atoms with Crippen LogP contribution in [-0.4, -0.2) is 16.8 Å². The highest BCUT2D eigenvalue weighted by Gasteiger charge is 2.32. The molecule has 0 aliphatic carbocycles. The van der Waals surface area contributed by atoms with Gasteiger partial charge in [-0.1, -0.05) is 63.6 Å².